The molecule has 1 unspecified atom stereocenters. The van der Waals surface area contributed by atoms with Crippen molar-refractivity contribution in [2.24, 2.45) is 11.8 Å². The maximum Gasteiger partial charge on any atom is 0.254 e. The Morgan fingerprint density at radius 3 is 2.22 bits per heavy atom. The molecule has 0 fully saturated rings. The summed E-state index contributed by atoms with van der Waals surface area (Å²) in [7, 11) is 0. The Labute approximate surface area is 109 Å². The Morgan fingerprint density at radius 1 is 1.28 bits per heavy atom. The number of rotatable bonds is 3. The van der Waals surface area contributed by atoms with Crippen molar-refractivity contribution in [1.29, 1.82) is 10.5 Å². The zero-order chi connectivity index (χ0) is 13.9. The third-order valence-electron chi connectivity index (χ3n) is 2.63. The molecule has 0 aliphatic carbocycles. The van der Waals surface area contributed by atoms with Crippen molar-refractivity contribution in [1.82, 2.24) is 9.97 Å². The molecule has 94 valence electrons. The molecule has 1 aromatic heterocycles. The molecule has 1 aromatic rings. The molecule has 0 radical (unpaired) electrons. The second kappa shape index (κ2) is 5.48. The van der Waals surface area contributed by atoms with E-state index in [1.54, 1.807) is 13.8 Å². The minimum absolute atomic E-state index is 0.0679. The van der Waals surface area contributed by atoms with Crippen LogP contribution in [0.3, 0.4) is 0 Å². The molecule has 0 saturated heterocycles. The second-order valence-corrected chi connectivity index (χ2v) is 4.56. The van der Waals surface area contributed by atoms with Gasteiger partial charge in [-0.05, 0) is 24.0 Å². The fourth-order valence-electron chi connectivity index (χ4n) is 1.85. The number of nitrogens with zero attached hydrogens (tertiary/aromatic N) is 2. The van der Waals surface area contributed by atoms with Crippen molar-refractivity contribution >= 4 is 12.2 Å². The van der Waals surface area contributed by atoms with Crippen LogP contribution in [0.2, 0.25) is 0 Å². The van der Waals surface area contributed by atoms with E-state index in [1.807, 2.05) is 12.1 Å². The lowest BCUT2D eigenvalue weighted by atomic mass is 9.80. The van der Waals surface area contributed by atoms with E-state index in [-0.39, 0.29) is 16.3 Å². The van der Waals surface area contributed by atoms with Gasteiger partial charge in [-0.25, -0.2) is 0 Å². The van der Waals surface area contributed by atoms with Crippen molar-refractivity contribution in [3.8, 4) is 18.0 Å². The SMILES string of the molecule is CC(C)C(c1c([O-])[nH]c(=S)[nH]c1=O)C(C#N)C#N. The molecule has 0 spiro atoms. The first-order chi connectivity index (χ1) is 8.42. The fraction of sp³-hybridized carbons (Fsp3) is 0.455. The van der Waals surface area contributed by atoms with Gasteiger partial charge in [-0.2, -0.15) is 10.5 Å². The molecule has 0 amide bonds. The van der Waals surface area contributed by atoms with E-state index in [2.05, 4.69) is 22.2 Å². The number of aromatic amines is 2. The molecule has 1 atom stereocenters. The Balaban J connectivity index is 3.52. The van der Waals surface area contributed by atoms with Gasteiger partial charge in [0.15, 0.2) is 4.77 Å². The summed E-state index contributed by atoms with van der Waals surface area (Å²) >= 11 is 4.68. The van der Waals surface area contributed by atoms with Gasteiger partial charge >= 0.3 is 0 Å². The number of H-pyrrole nitrogens is 2. The molecule has 0 saturated carbocycles. The zero-order valence-corrected chi connectivity index (χ0v) is 10.7. The highest BCUT2D eigenvalue weighted by Gasteiger charge is 2.29. The van der Waals surface area contributed by atoms with Gasteiger partial charge in [0.05, 0.1) is 12.1 Å². The number of aromatic nitrogens is 2. The van der Waals surface area contributed by atoms with Crippen LogP contribution >= 0.6 is 12.2 Å². The van der Waals surface area contributed by atoms with Crippen LogP contribution in [0.1, 0.15) is 25.3 Å². The molecule has 0 aliphatic rings. The highest BCUT2D eigenvalue weighted by Crippen LogP contribution is 2.32. The average Bonchev–Trinajstić information content (AvgIpc) is 2.26. The molecule has 1 rings (SSSR count). The Kier molecular flexibility index (Phi) is 4.24. The monoisotopic (exact) mass is 263 g/mol. The second-order valence-electron chi connectivity index (χ2n) is 4.16. The van der Waals surface area contributed by atoms with Crippen molar-refractivity contribution in [3.63, 3.8) is 0 Å². The van der Waals surface area contributed by atoms with Gasteiger partial charge in [0.25, 0.3) is 5.56 Å². The van der Waals surface area contributed by atoms with Gasteiger partial charge in [0, 0.05) is 11.5 Å². The molecule has 6 nitrogen and oxygen atoms in total. The summed E-state index contributed by atoms with van der Waals surface area (Å²) in [6.45, 7) is 3.49. The summed E-state index contributed by atoms with van der Waals surface area (Å²) in [5, 5.41) is 29.6. The van der Waals surface area contributed by atoms with Crippen LogP contribution in [0, 0.1) is 39.3 Å². The Morgan fingerprint density at radius 2 is 1.83 bits per heavy atom. The van der Waals surface area contributed by atoms with Crippen LogP contribution in [-0.2, 0) is 0 Å². The summed E-state index contributed by atoms with van der Waals surface area (Å²) in [6, 6.07) is 3.62. The minimum Gasteiger partial charge on any atom is -0.860 e. The Bertz CT molecular complexity index is 618. The van der Waals surface area contributed by atoms with Gasteiger partial charge in [-0.15, -0.1) is 0 Å². The van der Waals surface area contributed by atoms with Gasteiger partial charge in [0.2, 0.25) is 0 Å². The van der Waals surface area contributed by atoms with Crippen LogP contribution in [0.4, 0.5) is 0 Å². The van der Waals surface area contributed by atoms with Crippen LogP contribution < -0.4 is 10.7 Å². The minimum atomic E-state index is -1.05. The number of hydrogen-bond donors (Lipinski definition) is 2. The van der Waals surface area contributed by atoms with Crippen LogP contribution in [-0.4, -0.2) is 9.97 Å². The maximum absolute atomic E-state index is 11.8. The van der Waals surface area contributed by atoms with E-state index in [9.17, 15) is 9.90 Å². The van der Waals surface area contributed by atoms with Gasteiger partial charge in [-0.1, -0.05) is 13.8 Å². The summed E-state index contributed by atoms with van der Waals surface area (Å²) in [4.78, 5) is 16.4. The van der Waals surface area contributed by atoms with E-state index in [4.69, 9.17) is 10.5 Å². The molecular formula is C11H11N4O2S-. The zero-order valence-electron chi connectivity index (χ0n) is 9.85. The molecule has 0 bridgehead atoms. The van der Waals surface area contributed by atoms with Gasteiger partial charge < -0.3 is 10.1 Å². The topological polar surface area (TPSA) is 119 Å². The average molecular weight is 263 g/mol. The summed E-state index contributed by atoms with van der Waals surface area (Å²) < 4.78 is -0.0679. The molecule has 1 heterocycles. The predicted octanol–water partition coefficient (Wildman–Crippen LogP) is 0.909. The van der Waals surface area contributed by atoms with Gasteiger partial charge in [0.1, 0.15) is 5.92 Å². The lowest BCUT2D eigenvalue weighted by molar-refractivity contribution is -0.277. The lowest BCUT2D eigenvalue weighted by Gasteiger charge is -2.25. The number of nitrogens with one attached hydrogen (secondary N) is 2. The number of nitriles is 2. The molecule has 7 heteroatoms. The first kappa shape index (κ1) is 13.9. The third kappa shape index (κ3) is 2.58. The number of hydrogen-bond acceptors (Lipinski definition) is 5. The molecule has 18 heavy (non-hydrogen) atoms. The molecule has 2 N–H and O–H groups in total. The van der Waals surface area contributed by atoms with Crippen molar-refractivity contribution in [2.45, 2.75) is 19.8 Å². The third-order valence-corrected chi connectivity index (χ3v) is 2.84. The lowest BCUT2D eigenvalue weighted by Crippen LogP contribution is -2.27. The summed E-state index contributed by atoms with van der Waals surface area (Å²) in [5.74, 6) is -2.64. The maximum atomic E-state index is 11.8. The van der Waals surface area contributed by atoms with Gasteiger partial charge in [-0.3, -0.25) is 9.78 Å². The summed E-state index contributed by atoms with van der Waals surface area (Å²) in [6.07, 6.45) is 0. The predicted molar refractivity (Wildman–Crippen MR) is 64.0 cm³/mol. The Hall–Kier alpha value is -2.12. The largest absolute Gasteiger partial charge is 0.860 e. The summed E-state index contributed by atoms with van der Waals surface area (Å²) in [5.41, 5.74) is -0.760. The van der Waals surface area contributed by atoms with E-state index < -0.39 is 23.3 Å². The van der Waals surface area contributed by atoms with E-state index in [0.29, 0.717) is 0 Å². The molecule has 0 aliphatic heterocycles. The van der Waals surface area contributed by atoms with Crippen molar-refractivity contribution < 1.29 is 5.11 Å². The van der Waals surface area contributed by atoms with Crippen LogP contribution in [0.25, 0.3) is 0 Å². The van der Waals surface area contributed by atoms with Crippen molar-refractivity contribution in [3.05, 3.63) is 20.7 Å². The normalized spacial score (nSPS) is 12.1. The molecule has 0 aromatic carbocycles. The highest BCUT2D eigenvalue weighted by molar-refractivity contribution is 7.71. The van der Waals surface area contributed by atoms with E-state index >= 15 is 0 Å². The fourth-order valence-corrected chi connectivity index (χ4v) is 2.04. The first-order valence-electron chi connectivity index (χ1n) is 5.25. The quantitative estimate of drug-likeness (QED) is 0.785. The first-order valence-corrected chi connectivity index (χ1v) is 5.66. The molecular weight excluding hydrogens is 252 g/mol. The highest BCUT2D eigenvalue weighted by atomic mass is 32.1. The smallest absolute Gasteiger partial charge is 0.254 e. The van der Waals surface area contributed by atoms with Crippen LogP contribution in [0.15, 0.2) is 4.79 Å². The van der Waals surface area contributed by atoms with Crippen molar-refractivity contribution in [2.75, 3.05) is 0 Å². The van der Waals surface area contributed by atoms with E-state index in [0.717, 1.165) is 0 Å². The van der Waals surface area contributed by atoms with E-state index in [1.165, 1.54) is 0 Å². The van der Waals surface area contributed by atoms with Crippen LogP contribution in [0.5, 0.6) is 5.88 Å². The standard InChI is InChI=1S/C11H12N4O2S/c1-5(2)7(6(3-12)4-13)8-9(16)14-11(18)15-10(8)17/h5-7H,1-2H3,(H3,14,15,16,17,18)/p-1.